The Balaban J connectivity index is 1.90. The molecule has 0 aliphatic carbocycles. The molecule has 0 aliphatic rings. The van der Waals surface area contributed by atoms with Crippen LogP contribution in [0.25, 0.3) is 0 Å². The van der Waals surface area contributed by atoms with Crippen molar-refractivity contribution in [3.05, 3.63) is 29.6 Å². The molecule has 1 amide bonds. The van der Waals surface area contributed by atoms with Gasteiger partial charge in [0, 0.05) is 12.2 Å². The first-order valence-electron chi connectivity index (χ1n) is 7.66. The van der Waals surface area contributed by atoms with Gasteiger partial charge in [0.1, 0.15) is 5.82 Å². The maximum atomic E-state index is 13.5. The van der Waals surface area contributed by atoms with E-state index >= 15 is 0 Å². The van der Waals surface area contributed by atoms with Gasteiger partial charge in [0.15, 0.2) is 4.34 Å². The molecule has 0 spiro atoms. The van der Waals surface area contributed by atoms with Gasteiger partial charge in [-0.05, 0) is 37.5 Å². The van der Waals surface area contributed by atoms with Gasteiger partial charge in [-0.1, -0.05) is 43.0 Å². The van der Waals surface area contributed by atoms with E-state index < -0.39 is 0 Å². The Bertz CT molecular complexity index is 705. The number of anilines is 2. The van der Waals surface area contributed by atoms with Gasteiger partial charge in [-0.2, -0.15) is 0 Å². The Morgan fingerprint density at radius 1 is 1.33 bits per heavy atom. The average Bonchev–Trinajstić information content (AvgIpc) is 2.96. The molecule has 0 radical (unpaired) electrons. The van der Waals surface area contributed by atoms with E-state index in [9.17, 15) is 9.18 Å². The highest BCUT2D eigenvalue weighted by Crippen LogP contribution is 2.29. The van der Waals surface area contributed by atoms with Crippen LogP contribution in [-0.2, 0) is 4.79 Å². The van der Waals surface area contributed by atoms with Crippen molar-refractivity contribution >= 4 is 39.8 Å². The second-order valence-electron chi connectivity index (χ2n) is 5.86. The summed E-state index contributed by atoms with van der Waals surface area (Å²) in [5, 5.41) is 14.5. The number of hydrogen-bond donors (Lipinski definition) is 2. The van der Waals surface area contributed by atoms with Gasteiger partial charge in [-0.25, -0.2) is 4.39 Å². The number of halogens is 1. The van der Waals surface area contributed by atoms with Gasteiger partial charge in [0.25, 0.3) is 0 Å². The number of aromatic nitrogens is 2. The molecule has 2 aromatic rings. The number of amides is 1. The quantitative estimate of drug-likeness (QED) is 0.718. The fourth-order valence-corrected chi connectivity index (χ4v) is 3.64. The fraction of sp³-hybridized carbons (Fsp3) is 0.438. The van der Waals surface area contributed by atoms with E-state index in [2.05, 4.69) is 34.7 Å². The number of thioether (sulfide) groups is 1. The standard InChI is InChI=1S/C16H21FN4OS2/c1-9(2)8-18-15-20-21-16(24-15)23-11(4)14(22)19-12-6-5-10(3)13(17)7-12/h5-7,9,11H,8H2,1-4H3,(H,18,20)(H,19,22). The SMILES string of the molecule is Cc1ccc(NC(=O)C(C)Sc2nnc(NCC(C)C)s2)cc1F. The lowest BCUT2D eigenvalue weighted by atomic mass is 10.2. The summed E-state index contributed by atoms with van der Waals surface area (Å²) in [4.78, 5) is 12.2. The second kappa shape index (κ2) is 8.43. The number of carbonyl (C=O) groups is 1. The van der Waals surface area contributed by atoms with Crippen molar-refractivity contribution in [2.75, 3.05) is 17.2 Å². The second-order valence-corrected chi connectivity index (χ2v) is 8.43. The summed E-state index contributed by atoms with van der Waals surface area (Å²) in [5.41, 5.74) is 0.998. The van der Waals surface area contributed by atoms with Crippen molar-refractivity contribution in [2.24, 2.45) is 5.92 Å². The number of aryl methyl sites for hydroxylation is 1. The highest BCUT2D eigenvalue weighted by Gasteiger charge is 2.17. The number of benzene rings is 1. The molecular weight excluding hydrogens is 347 g/mol. The Kier molecular flexibility index (Phi) is 6.56. The fourth-order valence-electron chi connectivity index (χ4n) is 1.74. The minimum atomic E-state index is -0.361. The molecule has 5 nitrogen and oxygen atoms in total. The Labute approximate surface area is 149 Å². The molecule has 1 atom stereocenters. The highest BCUT2D eigenvalue weighted by atomic mass is 32.2. The molecular formula is C16H21FN4OS2. The number of hydrogen-bond acceptors (Lipinski definition) is 6. The van der Waals surface area contributed by atoms with Crippen LogP contribution in [-0.4, -0.2) is 27.9 Å². The van der Waals surface area contributed by atoms with E-state index in [-0.39, 0.29) is 17.0 Å². The number of nitrogens with zero attached hydrogens (tertiary/aromatic N) is 2. The molecule has 1 aromatic heterocycles. The molecule has 0 saturated carbocycles. The van der Waals surface area contributed by atoms with E-state index in [0.29, 0.717) is 17.2 Å². The summed E-state index contributed by atoms with van der Waals surface area (Å²) in [6.45, 7) is 8.52. The summed E-state index contributed by atoms with van der Waals surface area (Å²) < 4.78 is 14.3. The van der Waals surface area contributed by atoms with E-state index in [4.69, 9.17) is 0 Å². The van der Waals surface area contributed by atoms with E-state index in [1.165, 1.54) is 29.2 Å². The number of rotatable bonds is 7. The molecule has 2 rings (SSSR count). The summed E-state index contributed by atoms with van der Waals surface area (Å²) >= 11 is 2.75. The van der Waals surface area contributed by atoms with Crippen LogP contribution in [0.5, 0.6) is 0 Å². The maximum absolute atomic E-state index is 13.5. The smallest absolute Gasteiger partial charge is 0.237 e. The van der Waals surface area contributed by atoms with E-state index in [0.717, 1.165) is 16.0 Å². The monoisotopic (exact) mass is 368 g/mol. The molecule has 0 bridgehead atoms. The lowest BCUT2D eigenvalue weighted by Crippen LogP contribution is -2.22. The van der Waals surface area contributed by atoms with Crippen LogP contribution in [0.4, 0.5) is 15.2 Å². The molecule has 8 heteroatoms. The molecule has 1 heterocycles. The van der Waals surface area contributed by atoms with Crippen molar-refractivity contribution in [3.8, 4) is 0 Å². The van der Waals surface area contributed by atoms with Crippen molar-refractivity contribution in [1.82, 2.24) is 10.2 Å². The number of nitrogens with one attached hydrogen (secondary N) is 2. The van der Waals surface area contributed by atoms with E-state index in [1.54, 1.807) is 26.0 Å². The predicted octanol–water partition coefficient (Wildman–Crippen LogP) is 4.17. The Morgan fingerprint density at radius 3 is 2.75 bits per heavy atom. The lowest BCUT2D eigenvalue weighted by Gasteiger charge is -2.10. The van der Waals surface area contributed by atoms with Crippen LogP contribution in [0.2, 0.25) is 0 Å². The molecule has 1 aromatic carbocycles. The first-order chi connectivity index (χ1) is 11.3. The largest absolute Gasteiger partial charge is 0.360 e. The third-order valence-corrected chi connectivity index (χ3v) is 5.22. The zero-order valence-corrected chi connectivity index (χ0v) is 15.7. The number of carbonyl (C=O) groups excluding carboxylic acids is 1. The summed E-state index contributed by atoms with van der Waals surface area (Å²) in [6, 6.07) is 4.65. The lowest BCUT2D eigenvalue weighted by molar-refractivity contribution is -0.115. The van der Waals surface area contributed by atoms with Gasteiger partial charge in [-0.15, -0.1) is 10.2 Å². The Hall–Kier alpha value is -1.67. The van der Waals surface area contributed by atoms with Crippen LogP contribution in [0.1, 0.15) is 26.3 Å². The average molecular weight is 369 g/mol. The molecule has 2 N–H and O–H groups in total. The topological polar surface area (TPSA) is 66.9 Å². The molecule has 130 valence electrons. The minimum absolute atomic E-state index is 0.199. The van der Waals surface area contributed by atoms with E-state index in [1.807, 2.05) is 0 Å². The third-order valence-electron chi connectivity index (χ3n) is 3.15. The van der Waals surface area contributed by atoms with Crippen molar-refractivity contribution < 1.29 is 9.18 Å². The van der Waals surface area contributed by atoms with Gasteiger partial charge >= 0.3 is 0 Å². The van der Waals surface area contributed by atoms with Gasteiger partial charge in [-0.3, -0.25) is 4.79 Å². The van der Waals surface area contributed by atoms with Gasteiger partial charge in [0.2, 0.25) is 11.0 Å². The van der Waals surface area contributed by atoms with Crippen LogP contribution in [0.15, 0.2) is 22.5 Å². The first kappa shape index (κ1) is 18.7. The molecule has 24 heavy (non-hydrogen) atoms. The minimum Gasteiger partial charge on any atom is -0.360 e. The molecule has 0 fully saturated rings. The van der Waals surface area contributed by atoms with Crippen LogP contribution in [0.3, 0.4) is 0 Å². The van der Waals surface area contributed by atoms with Crippen LogP contribution in [0, 0.1) is 18.7 Å². The predicted molar refractivity (Wildman–Crippen MR) is 98.3 cm³/mol. The Morgan fingerprint density at radius 2 is 2.08 bits per heavy atom. The van der Waals surface area contributed by atoms with Crippen molar-refractivity contribution in [1.29, 1.82) is 0 Å². The van der Waals surface area contributed by atoms with Crippen molar-refractivity contribution in [3.63, 3.8) is 0 Å². The zero-order chi connectivity index (χ0) is 17.7. The normalized spacial score (nSPS) is 12.2. The van der Waals surface area contributed by atoms with Crippen molar-refractivity contribution in [2.45, 2.75) is 37.3 Å². The highest BCUT2D eigenvalue weighted by molar-refractivity contribution is 8.02. The zero-order valence-electron chi connectivity index (χ0n) is 14.1. The molecule has 0 saturated heterocycles. The molecule has 1 unspecified atom stereocenters. The molecule has 0 aliphatic heterocycles. The first-order valence-corrected chi connectivity index (χ1v) is 9.36. The van der Waals surface area contributed by atoms with Gasteiger partial charge < -0.3 is 10.6 Å². The third kappa shape index (κ3) is 5.45. The summed E-state index contributed by atoms with van der Waals surface area (Å²) in [6.07, 6.45) is 0. The maximum Gasteiger partial charge on any atom is 0.237 e. The van der Waals surface area contributed by atoms with Crippen LogP contribution < -0.4 is 10.6 Å². The summed E-state index contributed by atoms with van der Waals surface area (Å²) in [7, 11) is 0. The summed E-state index contributed by atoms with van der Waals surface area (Å²) in [5.74, 6) is -0.0159. The van der Waals surface area contributed by atoms with Gasteiger partial charge in [0.05, 0.1) is 5.25 Å². The van der Waals surface area contributed by atoms with Crippen LogP contribution >= 0.6 is 23.1 Å².